The highest BCUT2D eigenvalue weighted by atomic mass is 35.5. The number of ether oxygens (including phenoxy) is 2. The zero-order chi connectivity index (χ0) is 22.5. The number of hydrazone groups is 1. The van der Waals surface area contributed by atoms with E-state index in [0.29, 0.717) is 55.1 Å². The van der Waals surface area contributed by atoms with Crippen molar-refractivity contribution in [3.8, 4) is 11.3 Å². The van der Waals surface area contributed by atoms with Crippen LogP contribution in [-0.4, -0.2) is 73.8 Å². The minimum Gasteiger partial charge on any atom is -0.455 e. The van der Waals surface area contributed by atoms with Crippen LogP contribution in [0.5, 0.6) is 0 Å². The van der Waals surface area contributed by atoms with Gasteiger partial charge in [-0.2, -0.15) is 20.1 Å². The lowest BCUT2D eigenvalue weighted by molar-refractivity contribution is 0.121. The first-order valence-corrected chi connectivity index (χ1v) is 11.2. The SMILES string of the molecule is Clc1ccc(-c2ccc(/C=N/Nc3nc(N4CCOCC4)nc(N4CCOCC4)n3)o2)cc1. The molecular formula is C22H24ClN7O3. The van der Waals surface area contributed by atoms with Crippen LogP contribution in [0, 0.1) is 0 Å². The lowest BCUT2D eigenvalue weighted by Crippen LogP contribution is -2.40. The molecule has 0 bridgehead atoms. The van der Waals surface area contributed by atoms with Gasteiger partial charge in [0.15, 0.2) is 0 Å². The highest BCUT2D eigenvalue weighted by molar-refractivity contribution is 6.30. The Kier molecular flexibility index (Phi) is 6.66. The average molecular weight is 470 g/mol. The molecule has 10 nitrogen and oxygen atoms in total. The topological polar surface area (TPSA) is 101 Å². The van der Waals surface area contributed by atoms with E-state index in [-0.39, 0.29) is 0 Å². The molecule has 33 heavy (non-hydrogen) atoms. The van der Waals surface area contributed by atoms with Gasteiger partial charge in [-0.25, -0.2) is 5.43 Å². The maximum Gasteiger partial charge on any atom is 0.250 e. The molecule has 0 atom stereocenters. The molecular weight excluding hydrogens is 446 g/mol. The van der Waals surface area contributed by atoms with Gasteiger partial charge < -0.3 is 23.7 Å². The molecule has 172 valence electrons. The van der Waals surface area contributed by atoms with Crippen LogP contribution in [-0.2, 0) is 9.47 Å². The van der Waals surface area contributed by atoms with Crippen LogP contribution in [0.15, 0.2) is 45.9 Å². The lowest BCUT2D eigenvalue weighted by atomic mass is 10.2. The van der Waals surface area contributed by atoms with Crippen molar-refractivity contribution in [2.45, 2.75) is 0 Å². The summed E-state index contributed by atoms with van der Waals surface area (Å²) >= 11 is 5.96. The quantitative estimate of drug-likeness (QED) is 0.431. The summed E-state index contributed by atoms with van der Waals surface area (Å²) in [5, 5.41) is 4.96. The van der Waals surface area contributed by atoms with Gasteiger partial charge in [0.25, 0.3) is 0 Å². The molecule has 2 aliphatic rings. The van der Waals surface area contributed by atoms with Crippen LogP contribution in [0.1, 0.15) is 5.76 Å². The second-order valence-corrected chi connectivity index (χ2v) is 7.97. The number of aromatic nitrogens is 3. The summed E-state index contributed by atoms with van der Waals surface area (Å²) in [5.74, 6) is 2.92. The third-order valence-electron chi connectivity index (χ3n) is 5.31. The van der Waals surface area contributed by atoms with Crippen LogP contribution >= 0.6 is 11.6 Å². The Labute approximate surface area is 196 Å². The summed E-state index contributed by atoms with van der Waals surface area (Å²) in [5.41, 5.74) is 3.86. The molecule has 0 saturated carbocycles. The van der Waals surface area contributed by atoms with Gasteiger partial charge in [0.1, 0.15) is 11.5 Å². The number of rotatable bonds is 6. The van der Waals surface area contributed by atoms with Crippen LogP contribution in [0.2, 0.25) is 5.02 Å². The van der Waals surface area contributed by atoms with Gasteiger partial charge in [-0.15, -0.1) is 0 Å². The Balaban J connectivity index is 1.32. The van der Waals surface area contributed by atoms with Crippen LogP contribution in [0.25, 0.3) is 11.3 Å². The number of anilines is 3. The number of furan rings is 1. The molecule has 2 saturated heterocycles. The molecule has 1 N–H and O–H groups in total. The van der Waals surface area contributed by atoms with E-state index >= 15 is 0 Å². The predicted molar refractivity (Wildman–Crippen MR) is 126 cm³/mol. The van der Waals surface area contributed by atoms with Gasteiger partial charge >= 0.3 is 0 Å². The van der Waals surface area contributed by atoms with E-state index in [1.54, 1.807) is 6.21 Å². The Hall–Kier alpha value is -3.21. The molecule has 2 aromatic heterocycles. The van der Waals surface area contributed by atoms with Gasteiger partial charge in [-0.3, -0.25) is 0 Å². The molecule has 5 rings (SSSR count). The van der Waals surface area contributed by atoms with Crippen LogP contribution < -0.4 is 15.2 Å². The number of hydrogen-bond donors (Lipinski definition) is 1. The third kappa shape index (κ3) is 5.41. The van der Waals surface area contributed by atoms with Gasteiger partial charge in [0, 0.05) is 36.8 Å². The smallest absolute Gasteiger partial charge is 0.250 e. The highest BCUT2D eigenvalue weighted by Gasteiger charge is 2.20. The largest absolute Gasteiger partial charge is 0.455 e. The number of hydrogen-bond acceptors (Lipinski definition) is 10. The minimum absolute atomic E-state index is 0.369. The number of halogens is 1. The van der Waals surface area contributed by atoms with Crippen molar-refractivity contribution in [2.75, 3.05) is 67.8 Å². The molecule has 0 amide bonds. The molecule has 0 radical (unpaired) electrons. The molecule has 0 spiro atoms. The number of nitrogens with zero attached hydrogens (tertiary/aromatic N) is 6. The molecule has 11 heteroatoms. The first kappa shape index (κ1) is 21.6. The zero-order valence-corrected chi connectivity index (χ0v) is 18.7. The molecule has 0 unspecified atom stereocenters. The number of benzene rings is 1. The van der Waals surface area contributed by atoms with E-state index in [1.165, 1.54) is 0 Å². The fourth-order valence-electron chi connectivity index (χ4n) is 3.56. The van der Waals surface area contributed by atoms with Gasteiger partial charge in [0.2, 0.25) is 17.8 Å². The molecule has 3 aromatic rings. The molecule has 1 aromatic carbocycles. The summed E-state index contributed by atoms with van der Waals surface area (Å²) in [6.07, 6.45) is 1.59. The summed E-state index contributed by atoms with van der Waals surface area (Å²) in [6.45, 7) is 5.51. The van der Waals surface area contributed by atoms with Gasteiger partial charge in [0.05, 0.1) is 32.6 Å². The first-order chi connectivity index (χ1) is 16.2. The van der Waals surface area contributed by atoms with E-state index in [9.17, 15) is 0 Å². The highest BCUT2D eigenvalue weighted by Crippen LogP contribution is 2.23. The summed E-state index contributed by atoms with van der Waals surface area (Å²) in [6, 6.07) is 11.2. The molecule has 0 aliphatic carbocycles. The van der Waals surface area contributed by atoms with E-state index in [2.05, 4.69) is 35.3 Å². The second-order valence-electron chi connectivity index (χ2n) is 7.54. The Bertz CT molecular complexity index is 1060. The summed E-state index contributed by atoms with van der Waals surface area (Å²) in [7, 11) is 0. The fourth-order valence-corrected chi connectivity index (χ4v) is 3.68. The second kappa shape index (κ2) is 10.2. The third-order valence-corrected chi connectivity index (χ3v) is 5.56. The van der Waals surface area contributed by atoms with Crippen molar-refractivity contribution in [1.29, 1.82) is 0 Å². The van der Waals surface area contributed by atoms with E-state index in [4.69, 9.17) is 25.5 Å². The minimum atomic E-state index is 0.369. The zero-order valence-electron chi connectivity index (χ0n) is 18.0. The van der Waals surface area contributed by atoms with Crippen molar-refractivity contribution in [3.05, 3.63) is 47.2 Å². The first-order valence-electron chi connectivity index (χ1n) is 10.8. The van der Waals surface area contributed by atoms with Crippen molar-refractivity contribution in [1.82, 2.24) is 15.0 Å². The van der Waals surface area contributed by atoms with Crippen molar-refractivity contribution >= 4 is 35.7 Å². The average Bonchev–Trinajstić information content (AvgIpc) is 3.34. The van der Waals surface area contributed by atoms with Crippen LogP contribution in [0.4, 0.5) is 17.8 Å². The maximum atomic E-state index is 5.96. The summed E-state index contributed by atoms with van der Waals surface area (Å²) in [4.78, 5) is 18.0. The van der Waals surface area contributed by atoms with E-state index < -0.39 is 0 Å². The van der Waals surface area contributed by atoms with E-state index in [0.717, 1.165) is 37.5 Å². The van der Waals surface area contributed by atoms with Gasteiger partial charge in [-0.1, -0.05) is 11.6 Å². The fraction of sp³-hybridized carbons (Fsp3) is 0.364. The predicted octanol–water partition coefficient (Wildman–Crippen LogP) is 2.90. The Morgan fingerprint density at radius 1 is 0.818 bits per heavy atom. The molecule has 2 fully saturated rings. The standard InChI is InChI=1S/C22H24ClN7O3/c23-17-3-1-16(2-4-17)19-6-5-18(33-19)15-24-28-20-25-21(29-7-11-31-12-8-29)27-22(26-20)30-9-13-32-14-10-30/h1-6,15H,7-14H2,(H,25,26,27,28)/b24-15+. The monoisotopic (exact) mass is 469 g/mol. The van der Waals surface area contributed by atoms with Crippen molar-refractivity contribution < 1.29 is 13.9 Å². The Morgan fingerprint density at radius 2 is 1.42 bits per heavy atom. The molecule has 4 heterocycles. The van der Waals surface area contributed by atoms with Crippen LogP contribution in [0.3, 0.4) is 0 Å². The molecule has 2 aliphatic heterocycles. The normalized spacial score (nSPS) is 17.0. The van der Waals surface area contributed by atoms with Crippen molar-refractivity contribution in [2.24, 2.45) is 5.10 Å². The van der Waals surface area contributed by atoms with Crippen molar-refractivity contribution in [3.63, 3.8) is 0 Å². The maximum absolute atomic E-state index is 5.96. The lowest BCUT2D eigenvalue weighted by Gasteiger charge is -2.30. The Morgan fingerprint density at radius 3 is 2.03 bits per heavy atom. The van der Waals surface area contributed by atoms with Gasteiger partial charge in [-0.05, 0) is 36.4 Å². The number of morpholine rings is 2. The summed E-state index contributed by atoms with van der Waals surface area (Å²) < 4.78 is 16.8. The number of nitrogens with one attached hydrogen (secondary N) is 1. The van der Waals surface area contributed by atoms with E-state index in [1.807, 2.05) is 36.4 Å².